The number of ether oxygens (including phenoxy) is 1. The Morgan fingerprint density at radius 1 is 0.857 bits per heavy atom. The third kappa shape index (κ3) is 3.36. The Morgan fingerprint density at radius 2 is 1.46 bits per heavy atom. The van der Waals surface area contributed by atoms with Gasteiger partial charge in [-0.05, 0) is 36.4 Å². The van der Waals surface area contributed by atoms with Gasteiger partial charge in [-0.3, -0.25) is 9.59 Å². The Kier molecular flexibility index (Phi) is 4.60. The monoisotopic (exact) mass is 380 g/mol. The highest BCUT2D eigenvalue weighted by Gasteiger charge is 2.26. The van der Waals surface area contributed by atoms with Crippen LogP contribution in [-0.4, -0.2) is 64.9 Å². The third-order valence-electron chi connectivity index (χ3n) is 4.93. The maximum atomic E-state index is 12.8. The Hall–Kier alpha value is -3.55. The summed E-state index contributed by atoms with van der Waals surface area (Å²) in [7, 11) is 1.56. The fourth-order valence-corrected chi connectivity index (χ4v) is 3.40. The van der Waals surface area contributed by atoms with Gasteiger partial charge in [-0.25, -0.2) is 4.79 Å². The number of hydrogen-bond acceptors (Lipinski definition) is 4. The van der Waals surface area contributed by atoms with E-state index >= 15 is 0 Å². The summed E-state index contributed by atoms with van der Waals surface area (Å²) >= 11 is 0. The average Bonchev–Trinajstić information content (AvgIpc) is 3.12. The fraction of sp³-hybridized carbons (Fsp3) is 0.250. The number of aromatic nitrogens is 2. The van der Waals surface area contributed by atoms with Crippen LogP contribution in [-0.2, 0) is 0 Å². The number of carbonyl (C=O) groups is 2. The van der Waals surface area contributed by atoms with Crippen LogP contribution in [0.2, 0.25) is 0 Å². The first-order valence-electron chi connectivity index (χ1n) is 9.00. The fourth-order valence-electron chi connectivity index (χ4n) is 3.40. The highest BCUT2D eigenvalue weighted by Crippen LogP contribution is 2.17. The molecule has 0 atom stereocenters. The lowest BCUT2D eigenvalue weighted by Gasteiger charge is -2.35. The number of nitrogens with zero attached hydrogens (tertiary/aromatic N) is 2. The third-order valence-corrected chi connectivity index (χ3v) is 4.93. The van der Waals surface area contributed by atoms with Crippen molar-refractivity contribution >= 4 is 22.8 Å². The van der Waals surface area contributed by atoms with Crippen molar-refractivity contribution in [3.05, 3.63) is 64.1 Å². The number of benzene rings is 2. The minimum absolute atomic E-state index is 0.0719. The summed E-state index contributed by atoms with van der Waals surface area (Å²) in [5, 5.41) is 0. The molecule has 0 radical (unpaired) electrons. The van der Waals surface area contributed by atoms with Crippen molar-refractivity contribution in [3.63, 3.8) is 0 Å². The van der Waals surface area contributed by atoms with Crippen LogP contribution in [0, 0.1) is 0 Å². The lowest BCUT2D eigenvalue weighted by atomic mass is 10.1. The molecular weight excluding hydrogens is 360 g/mol. The normalized spacial score (nSPS) is 14.3. The summed E-state index contributed by atoms with van der Waals surface area (Å²) in [6.45, 7) is 1.84. The summed E-state index contributed by atoms with van der Waals surface area (Å²) in [4.78, 5) is 45.6. The molecule has 0 spiro atoms. The van der Waals surface area contributed by atoms with E-state index in [-0.39, 0.29) is 17.5 Å². The number of H-pyrrole nitrogens is 2. The molecule has 2 heterocycles. The molecule has 8 heteroatoms. The number of hydrogen-bond donors (Lipinski definition) is 2. The number of piperazine rings is 1. The van der Waals surface area contributed by atoms with Crippen LogP contribution in [0.1, 0.15) is 20.7 Å². The molecule has 8 nitrogen and oxygen atoms in total. The zero-order valence-electron chi connectivity index (χ0n) is 15.4. The van der Waals surface area contributed by atoms with E-state index in [1.165, 1.54) is 0 Å². The second-order valence-corrected chi connectivity index (χ2v) is 6.66. The van der Waals surface area contributed by atoms with Crippen LogP contribution in [0.3, 0.4) is 0 Å². The average molecular weight is 380 g/mol. The molecule has 144 valence electrons. The van der Waals surface area contributed by atoms with Gasteiger partial charge in [-0.2, -0.15) is 0 Å². The van der Waals surface area contributed by atoms with Crippen molar-refractivity contribution in [2.75, 3.05) is 33.3 Å². The Bertz CT molecular complexity index is 1090. The van der Waals surface area contributed by atoms with Crippen LogP contribution in [0.25, 0.3) is 11.0 Å². The summed E-state index contributed by atoms with van der Waals surface area (Å²) in [6.07, 6.45) is 0. The van der Waals surface area contributed by atoms with Crippen LogP contribution >= 0.6 is 0 Å². The highest BCUT2D eigenvalue weighted by molar-refractivity contribution is 5.98. The number of aromatic amines is 2. The van der Waals surface area contributed by atoms with Gasteiger partial charge in [0.1, 0.15) is 5.75 Å². The molecule has 1 aliphatic rings. The first kappa shape index (κ1) is 17.8. The van der Waals surface area contributed by atoms with Crippen molar-refractivity contribution < 1.29 is 14.3 Å². The number of carbonyl (C=O) groups excluding carboxylic acids is 2. The molecule has 3 aromatic rings. The molecule has 2 aromatic carbocycles. The van der Waals surface area contributed by atoms with Gasteiger partial charge in [0, 0.05) is 37.3 Å². The van der Waals surface area contributed by atoms with Gasteiger partial charge in [0.2, 0.25) is 0 Å². The maximum Gasteiger partial charge on any atom is 0.323 e. The standard InChI is InChI=1S/C20H20N4O4/c1-28-15-4-2-3-13(11-15)18(25)23-7-9-24(10-8-23)19(26)14-5-6-16-17(12-14)22-20(27)21-16/h2-6,11-12H,7-10H2,1H3,(H2,21,22,27). The number of nitrogens with one attached hydrogen (secondary N) is 2. The van der Waals surface area contributed by atoms with Gasteiger partial charge in [-0.15, -0.1) is 0 Å². The Balaban J connectivity index is 1.43. The van der Waals surface area contributed by atoms with Crippen LogP contribution in [0.5, 0.6) is 5.75 Å². The largest absolute Gasteiger partial charge is 0.497 e. The molecule has 0 aliphatic carbocycles. The zero-order valence-corrected chi connectivity index (χ0v) is 15.4. The topological polar surface area (TPSA) is 98.5 Å². The molecule has 0 unspecified atom stereocenters. The smallest absolute Gasteiger partial charge is 0.323 e. The summed E-state index contributed by atoms with van der Waals surface area (Å²) in [5.74, 6) is 0.451. The van der Waals surface area contributed by atoms with Gasteiger partial charge >= 0.3 is 5.69 Å². The molecule has 2 N–H and O–H groups in total. The minimum atomic E-state index is -0.302. The van der Waals surface area contributed by atoms with Gasteiger partial charge in [0.05, 0.1) is 18.1 Å². The highest BCUT2D eigenvalue weighted by atomic mass is 16.5. The zero-order chi connectivity index (χ0) is 19.7. The molecule has 1 aromatic heterocycles. The van der Waals surface area contributed by atoms with Gasteiger partial charge in [0.15, 0.2) is 0 Å². The number of imidazole rings is 1. The number of fused-ring (bicyclic) bond motifs is 1. The van der Waals surface area contributed by atoms with E-state index in [2.05, 4.69) is 9.97 Å². The van der Waals surface area contributed by atoms with Crippen LogP contribution < -0.4 is 10.4 Å². The second kappa shape index (κ2) is 7.22. The molecular formula is C20H20N4O4. The predicted molar refractivity (Wildman–Crippen MR) is 104 cm³/mol. The number of rotatable bonds is 3. The molecule has 4 rings (SSSR count). The first-order chi connectivity index (χ1) is 13.5. The van der Waals surface area contributed by atoms with Crippen molar-refractivity contribution in [1.29, 1.82) is 0 Å². The van der Waals surface area contributed by atoms with E-state index < -0.39 is 0 Å². The first-order valence-corrected chi connectivity index (χ1v) is 9.00. The van der Waals surface area contributed by atoms with E-state index in [9.17, 15) is 14.4 Å². The van der Waals surface area contributed by atoms with E-state index in [0.717, 1.165) is 0 Å². The predicted octanol–water partition coefficient (Wildman–Crippen LogP) is 1.46. The van der Waals surface area contributed by atoms with E-state index in [1.54, 1.807) is 59.4 Å². The van der Waals surface area contributed by atoms with Crippen molar-refractivity contribution in [2.24, 2.45) is 0 Å². The molecule has 2 amide bonds. The molecule has 28 heavy (non-hydrogen) atoms. The number of amides is 2. The lowest BCUT2D eigenvalue weighted by Crippen LogP contribution is -2.50. The summed E-state index contributed by atoms with van der Waals surface area (Å²) in [6, 6.07) is 12.1. The molecule has 1 fully saturated rings. The quantitative estimate of drug-likeness (QED) is 0.719. The van der Waals surface area contributed by atoms with Crippen LogP contribution in [0.15, 0.2) is 47.3 Å². The Labute approximate surface area is 160 Å². The molecule has 0 saturated carbocycles. The van der Waals surface area contributed by atoms with Crippen molar-refractivity contribution in [2.45, 2.75) is 0 Å². The second-order valence-electron chi connectivity index (χ2n) is 6.66. The van der Waals surface area contributed by atoms with E-state index in [0.29, 0.717) is 54.1 Å². The van der Waals surface area contributed by atoms with Gasteiger partial charge < -0.3 is 24.5 Å². The molecule has 0 bridgehead atoms. The maximum absolute atomic E-state index is 12.8. The van der Waals surface area contributed by atoms with Crippen molar-refractivity contribution in [3.8, 4) is 5.75 Å². The van der Waals surface area contributed by atoms with E-state index in [1.807, 2.05) is 0 Å². The summed E-state index contributed by atoms with van der Waals surface area (Å²) < 4.78 is 5.17. The van der Waals surface area contributed by atoms with Gasteiger partial charge in [0.25, 0.3) is 11.8 Å². The Morgan fingerprint density at radius 3 is 2.11 bits per heavy atom. The molecule has 1 saturated heterocycles. The molecule has 1 aliphatic heterocycles. The van der Waals surface area contributed by atoms with Gasteiger partial charge in [-0.1, -0.05) is 6.07 Å². The van der Waals surface area contributed by atoms with Crippen LogP contribution in [0.4, 0.5) is 0 Å². The number of methoxy groups -OCH3 is 1. The van der Waals surface area contributed by atoms with Crippen molar-refractivity contribution in [1.82, 2.24) is 19.8 Å². The SMILES string of the molecule is COc1cccc(C(=O)N2CCN(C(=O)c3ccc4[nH]c(=O)[nH]c4c3)CC2)c1. The van der Waals surface area contributed by atoms with E-state index in [4.69, 9.17) is 4.74 Å². The lowest BCUT2D eigenvalue weighted by molar-refractivity contribution is 0.0535. The minimum Gasteiger partial charge on any atom is -0.497 e. The summed E-state index contributed by atoms with van der Waals surface area (Å²) in [5.41, 5.74) is 2.04.